The summed E-state index contributed by atoms with van der Waals surface area (Å²) < 4.78 is 0. The molecule has 0 aliphatic carbocycles. The third-order valence-corrected chi connectivity index (χ3v) is 7.17. The first-order valence-corrected chi connectivity index (χ1v) is 11.4. The molecule has 3 saturated heterocycles. The Morgan fingerprint density at radius 1 is 1.00 bits per heavy atom. The van der Waals surface area contributed by atoms with Gasteiger partial charge in [-0.15, -0.1) is 49.0 Å². The molecular weight excluding hydrogens is 477 g/mol. The van der Waals surface area contributed by atoms with Crippen LogP contribution in [0.4, 0.5) is 5.82 Å². The molecule has 172 valence electrons. The molecule has 3 aliphatic rings. The predicted octanol–water partition coefficient (Wildman–Crippen LogP) is 2.89. The minimum absolute atomic E-state index is 0. The van der Waals surface area contributed by atoms with Crippen molar-refractivity contribution >= 4 is 71.6 Å². The van der Waals surface area contributed by atoms with Gasteiger partial charge in [0.25, 0.3) is 0 Å². The molecule has 0 bridgehead atoms. The quantitative estimate of drug-likeness (QED) is 0.691. The maximum absolute atomic E-state index is 12.6. The SMILES string of the molecule is Cl.Cl.Cl.O=C([C@@H]1C[C@H](N2CCN(c3ccc4ccccc4n3)CC2)CN1)N1CCSC1. The van der Waals surface area contributed by atoms with E-state index >= 15 is 0 Å². The van der Waals surface area contributed by atoms with Crippen molar-refractivity contribution in [3.8, 4) is 0 Å². The van der Waals surface area contributed by atoms with E-state index in [9.17, 15) is 4.79 Å². The highest BCUT2D eigenvalue weighted by Crippen LogP contribution is 2.23. The van der Waals surface area contributed by atoms with E-state index in [1.165, 1.54) is 5.39 Å². The van der Waals surface area contributed by atoms with Crippen LogP contribution in [0.25, 0.3) is 10.9 Å². The molecule has 1 amide bonds. The number of fused-ring (bicyclic) bond motifs is 1. The van der Waals surface area contributed by atoms with Crippen molar-refractivity contribution < 1.29 is 4.79 Å². The first-order valence-electron chi connectivity index (χ1n) is 10.2. The number of piperazine rings is 1. The number of hydrogen-bond donors (Lipinski definition) is 1. The van der Waals surface area contributed by atoms with Crippen molar-refractivity contribution in [2.24, 2.45) is 0 Å². The van der Waals surface area contributed by atoms with Gasteiger partial charge in [0.1, 0.15) is 5.82 Å². The number of amides is 1. The third kappa shape index (κ3) is 5.70. The van der Waals surface area contributed by atoms with Gasteiger partial charge in [0.15, 0.2) is 0 Å². The van der Waals surface area contributed by atoms with E-state index in [1.807, 2.05) is 22.7 Å². The third-order valence-electron chi connectivity index (χ3n) is 6.21. The number of nitrogens with one attached hydrogen (secondary N) is 1. The average Bonchev–Trinajstić information content (AvgIpc) is 3.45. The molecule has 0 radical (unpaired) electrons. The number of thioether (sulfide) groups is 1. The number of halogens is 3. The molecular formula is C21H30Cl3N5OS. The van der Waals surface area contributed by atoms with Crippen molar-refractivity contribution in [2.75, 3.05) is 55.8 Å². The molecule has 0 spiro atoms. The Balaban J connectivity index is 0.00000114. The number of benzene rings is 1. The van der Waals surface area contributed by atoms with E-state index in [0.717, 1.165) is 68.7 Å². The summed E-state index contributed by atoms with van der Waals surface area (Å²) in [6.45, 7) is 5.87. The van der Waals surface area contributed by atoms with Gasteiger partial charge in [0.05, 0.1) is 17.4 Å². The number of carbonyl (C=O) groups excluding carboxylic acids is 1. The molecule has 0 saturated carbocycles. The molecule has 31 heavy (non-hydrogen) atoms. The fourth-order valence-electron chi connectivity index (χ4n) is 4.54. The van der Waals surface area contributed by atoms with E-state index in [-0.39, 0.29) is 43.3 Å². The maximum Gasteiger partial charge on any atom is 0.240 e. The summed E-state index contributed by atoms with van der Waals surface area (Å²) >= 11 is 1.85. The topological polar surface area (TPSA) is 51.7 Å². The van der Waals surface area contributed by atoms with Gasteiger partial charge >= 0.3 is 0 Å². The number of carbonyl (C=O) groups is 1. The Morgan fingerprint density at radius 2 is 1.77 bits per heavy atom. The largest absolute Gasteiger partial charge is 0.354 e. The van der Waals surface area contributed by atoms with Crippen LogP contribution in [0.1, 0.15) is 6.42 Å². The number of pyridine rings is 1. The van der Waals surface area contributed by atoms with Crippen LogP contribution in [-0.4, -0.2) is 83.7 Å². The number of aromatic nitrogens is 1. The Labute approximate surface area is 206 Å². The van der Waals surface area contributed by atoms with Crippen LogP contribution in [0, 0.1) is 0 Å². The second-order valence-electron chi connectivity index (χ2n) is 7.87. The monoisotopic (exact) mass is 505 g/mol. The molecule has 2 atom stereocenters. The van der Waals surface area contributed by atoms with Gasteiger partial charge in [-0.05, 0) is 24.6 Å². The standard InChI is InChI=1S/C21H27N5OS.3ClH/c27-21(26-11-12-28-15-26)19-13-17(14-22-19)24-7-9-25(10-8-24)20-6-5-16-3-1-2-4-18(16)23-20;;;/h1-6,17,19,22H,7-15H2;3*1H/t17-,19-;;;/m0.../s1. The van der Waals surface area contributed by atoms with Crippen molar-refractivity contribution in [1.29, 1.82) is 0 Å². The fraction of sp³-hybridized carbons (Fsp3) is 0.524. The van der Waals surface area contributed by atoms with Gasteiger partial charge in [-0.25, -0.2) is 4.98 Å². The molecule has 1 aromatic heterocycles. The number of hydrogen-bond acceptors (Lipinski definition) is 6. The molecule has 3 fully saturated rings. The van der Waals surface area contributed by atoms with E-state index < -0.39 is 0 Å². The Bertz CT molecular complexity index is 862. The smallest absolute Gasteiger partial charge is 0.240 e. The molecule has 6 nitrogen and oxygen atoms in total. The summed E-state index contributed by atoms with van der Waals surface area (Å²) in [4.78, 5) is 24.4. The van der Waals surface area contributed by atoms with E-state index in [2.05, 4.69) is 45.4 Å². The van der Waals surface area contributed by atoms with Gasteiger partial charge < -0.3 is 15.1 Å². The first-order chi connectivity index (χ1) is 13.8. The summed E-state index contributed by atoms with van der Waals surface area (Å²) in [7, 11) is 0. The van der Waals surface area contributed by atoms with Gasteiger partial charge in [-0.3, -0.25) is 9.69 Å². The van der Waals surface area contributed by atoms with Gasteiger partial charge in [-0.1, -0.05) is 18.2 Å². The van der Waals surface area contributed by atoms with Crippen molar-refractivity contribution in [2.45, 2.75) is 18.5 Å². The highest BCUT2D eigenvalue weighted by atomic mass is 35.5. The van der Waals surface area contributed by atoms with E-state index in [0.29, 0.717) is 11.9 Å². The molecule has 5 rings (SSSR count). The number of nitrogens with zero attached hydrogens (tertiary/aromatic N) is 4. The van der Waals surface area contributed by atoms with Gasteiger partial charge in [0.2, 0.25) is 5.91 Å². The molecule has 3 aliphatic heterocycles. The van der Waals surface area contributed by atoms with Crippen molar-refractivity contribution in [3.63, 3.8) is 0 Å². The fourth-order valence-corrected chi connectivity index (χ4v) is 5.49. The Morgan fingerprint density at radius 3 is 2.52 bits per heavy atom. The minimum Gasteiger partial charge on any atom is -0.354 e. The molecule has 2 aromatic rings. The lowest BCUT2D eigenvalue weighted by Crippen LogP contribution is -2.51. The second kappa shape index (κ2) is 11.8. The maximum atomic E-state index is 12.6. The van der Waals surface area contributed by atoms with E-state index in [1.54, 1.807) is 0 Å². The number of para-hydroxylation sites is 1. The van der Waals surface area contributed by atoms with Crippen LogP contribution in [-0.2, 0) is 4.79 Å². The predicted molar refractivity (Wildman–Crippen MR) is 137 cm³/mol. The highest BCUT2D eigenvalue weighted by Gasteiger charge is 2.36. The van der Waals surface area contributed by atoms with Crippen LogP contribution in [0.5, 0.6) is 0 Å². The highest BCUT2D eigenvalue weighted by molar-refractivity contribution is 7.99. The van der Waals surface area contributed by atoms with Crippen molar-refractivity contribution in [1.82, 2.24) is 20.1 Å². The van der Waals surface area contributed by atoms with E-state index in [4.69, 9.17) is 4.98 Å². The molecule has 1 N–H and O–H groups in total. The Hall–Kier alpha value is -0.960. The second-order valence-corrected chi connectivity index (χ2v) is 8.95. The summed E-state index contributed by atoms with van der Waals surface area (Å²) in [5.74, 6) is 3.31. The van der Waals surface area contributed by atoms with Crippen LogP contribution >= 0.6 is 49.0 Å². The minimum atomic E-state index is 0. The summed E-state index contributed by atoms with van der Waals surface area (Å²) in [6, 6.07) is 13.1. The lowest BCUT2D eigenvalue weighted by Gasteiger charge is -2.38. The molecule has 4 heterocycles. The van der Waals surface area contributed by atoms with Crippen LogP contribution < -0.4 is 10.2 Å². The summed E-state index contributed by atoms with van der Waals surface area (Å²) in [6.07, 6.45) is 0.939. The van der Waals surface area contributed by atoms with Crippen LogP contribution in [0.3, 0.4) is 0 Å². The molecule has 10 heteroatoms. The number of anilines is 1. The molecule has 1 aromatic carbocycles. The lowest BCUT2D eigenvalue weighted by atomic mass is 10.1. The molecule has 0 unspecified atom stereocenters. The zero-order valence-corrected chi connectivity index (χ0v) is 20.6. The summed E-state index contributed by atoms with van der Waals surface area (Å²) in [5, 5.41) is 4.66. The zero-order valence-electron chi connectivity index (χ0n) is 17.3. The zero-order chi connectivity index (χ0) is 18.9. The van der Waals surface area contributed by atoms with Gasteiger partial charge in [-0.2, -0.15) is 0 Å². The Kier molecular flexibility index (Phi) is 9.98. The van der Waals surface area contributed by atoms with Crippen LogP contribution in [0.2, 0.25) is 0 Å². The number of rotatable bonds is 3. The summed E-state index contributed by atoms with van der Waals surface area (Å²) in [5.41, 5.74) is 1.06. The van der Waals surface area contributed by atoms with Crippen LogP contribution in [0.15, 0.2) is 36.4 Å². The van der Waals surface area contributed by atoms with Gasteiger partial charge in [0, 0.05) is 56.4 Å². The normalized spacial score (nSPS) is 23.7. The first kappa shape index (κ1) is 26.3. The van der Waals surface area contributed by atoms with Crippen molar-refractivity contribution in [3.05, 3.63) is 36.4 Å². The lowest BCUT2D eigenvalue weighted by molar-refractivity contribution is -0.131. The average molecular weight is 507 g/mol.